The van der Waals surface area contributed by atoms with Crippen molar-refractivity contribution < 1.29 is 18.7 Å². The van der Waals surface area contributed by atoms with Crippen molar-refractivity contribution in [1.82, 2.24) is 0 Å². The maximum Gasteiger partial charge on any atom is 0.410 e. The summed E-state index contributed by atoms with van der Waals surface area (Å²) in [5, 5.41) is 11.7. The van der Waals surface area contributed by atoms with Crippen LogP contribution >= 0.6 is 7.60 Å². The molecule has 3 aromatic carbocycles. The van der Waals surface area contributed by atoms with Crippen LogP contribution in [0, 0.1) is 6.92 Å². The van der Waals surface area contributed by atoms with Crippen molar-refractivity contribution in [2.45, 2.75) is 65.2 Å². The van der Waals surface area contributed by atoms with Gasteiger partial charge >= 0.3 is 7.60 Å². The fraction of sp³-hybridized carbons (Fsp3) is 0.379. The average Bonchev–Trinajstić information content (AvgIpc) is 2.82. The number of aromatic hydroxyl groups is 1. The summed E-state index contributed by atoms with van der Waals surface area (Å²) in [6.45, 7) is 8.56. The predicted molar refractivity (Wildman–Crippen MR) is 141 cm³/mol. The lowest BCUT2D eigenvalue weighted by molar-refractivity contribution is 0.333. The Hall–Kier alpha value is -2.55. The Morgan fingerprint density at radius 3 is 2.32 bits per heavy atom. The Kier molecular flexibility index (Phi) is 8.62. The van der Waals surface area contributed by atoms with E-state index in [1.807, 2.05) is 49.4 Å². The van der Waals surface area contributed by atoms with Crippen LogP contribution in [0.25, 0.3) is 11.1 Å². The number of phenols is 1. The quantitative estimate of drug-likeness (QED) is 0.222. The van der Waals surface area contributed by atoms with E-state index in [-0.39, 0.29) is 11.2 Å². The number of unbranched alkanes of at least 4 members (excludes halogenated alkanes) is 3. The van der Waals surface area contributed by atoms with Gasteiger partial charge in [0.25, 0.3) is 0 Å². The van der Waals surface area contributed by atoms with Gasteiger partial charge < -0.3 is 9.63 Å². The van der Waals surface area contributed by atoms with Gasteiger partial charge in [-0.05, 0) is 54.2 Å². The molecular weight excluding hydrogens is 443 g/mol. The first kappa shape index (κ1) is 26.1. The van der Waals surface area contributed by atoms with E-state index in [0.717, 1.165) is 29.5 Å². The van der Waals surface area contributed by atoms with Crippen LogP contribution in [0.5, 0.6) is 11.5 Å². The van der Waals surface area contributed by atoms with Crippen molar-refractivity contribution in [2.75, 3.05) is 7.11 Å². The van der Waals surface area contributed by atoms with Crippen molar-refractivity contribution in [2.24, 2.45) is 0 Å². The highest BCUT2D eigenvalue weighted by atomic mass is 31.2. The minimum absolute atomic E-state index is 0.107. The monoisotopic (exact) mass is 480 g/mol. The van der Waals surface area contributed by atoms with Gasteiger partial charge in [0, 0.05) is 7.11 Å². The van der Waals surface area contributed by atoms with Crippen LogP contribution in [0.1, 0.15) is 64.0 Å². The van der Waals surface area contributed by atoms with Crippen LogP contribution in [0.15, 0.2) is 66.7 Å². The van der Waals surface area contributed by atoms with E-state index in [0.29, 0.717) is 16.6 Å². The molecule has 1 N–H and O–H groups in total. The second-order valence-electron chi connectivity index (χ2n) is 9.54. The Balaban J connectivity index is 2.11. The van der Waals surface area contributed by atoms with Crippen LogP contribution < -0.4 is 9.83 Å². The smallest absolute Gasteiger partial charge is 0.410 e. The van der Waals surface area contributed by atoms with Crippen LogP contribution in [-0.4, -0.2) is 12.2 Å². The largest absolute Gasteiger partial charge is 0.507 e. The van der Waals surface area contributed by atoms with Crippen LogP contribution in [0.4, 0.5) is 0 Å². The molecule has 0 heterocycles. The van der Waals surface area contributed by atoms with Gasteiger partial charge in [-0.15, -0.1) is 0 Å². The van der Waals surface area contributed by atoms with Gasteiger partial charge in [0.1, 0.15) is 11.5 Å². The topological polar surface area (TPSA) is 55.8 Å². The zero-order valence-electron chi connectivity index (χ0n) is 21.0. The molecule has 0 aliphatic heterocycles. The van der Waals surface area contributed by atoms with Crippen LogP contribution in [0.3, 0.4) is 0 Å². The van der Waals surface area contributed by atoms with Crippen molar-refractivity contribution >= 4 is 12.9 Å². The van der Waals surface area contributed by atoms with Gasteiger partial charge in [-0.1, -0.05) is 94.5 Å². The first-order chi connectivity index (χ1) is 16.2. The molecule has 0 aliphatic carbocycles. The molecule has 5 heteroatoms. The summed E-state index contributed by atoms with van der Waals surface area (Å²) >= 11 is 0. The first-order valence-electron chi connectivity index (χ1n) is 12.1. The Morgan fingerprint density at radius 2 is 1.68 bits per heavy atom. The standard InChI is InChI=1S/C29H37O4P/c1-6-7-8-12-18-29(3,4)24-20-26(30)28(23-15-13-14-22(2)19-23)27(21-24)33-34(31,32-5)25-16-10-9-11-17-25/h9-11,13-17,19-21,30H,6-8,12,18H2,1-5H3. The van der Waals surface area contributed by atoms with Crippen molar-refractivity contribution in [3.05, 3.63) is 77.9 Å². The minimum Gasteiger partial charge on any atom is -0.507 e. The molecule has 0 fully saturated rings. The Morgan fingerprint density at radius 1 is 0.941 bits per heavy atom. The normalized spacial score (nSPS) is 13.4. The molecule has 0 radical (unpaired) electrons. The Bertz CT molecular complexity index is 1140. The minimum atomic E-state index is -3.67. The highest BCUT2D eigenvalue weighted by Gasteiger charge is 2.31. The molecule has 0 saturated carbocycles. The van der Waals surface area contributed by atoms with Gasteiger partial charge in [0.05, 0.1) is 10.9 Å². The number of rotatable bonds is 11. The van der Waals surface area contributed by atoms with E-state index in [9.17, 15) is 9.67 Å². The fourth-order valence-electron chi connectivity index (χ4n) is 4.23. The molecule has 1 unspecified atom stereocenters. The molecule has 4 nitrogen and oxygen atoms in total. The van der Waals surface area contributed by atoms with Gasteiger partial charge in [0.2, 0.25) is 0 Å². The van der Waals surface area contributed by atoms with Gasteiger partial charge in [0.15, 0.2) is 0 Å². The molecule has 0 aromatic heterocycles. The maximum absolute atomic E-state index is 13.8. The lowest BCUT2D eigenvalue weighted by Gasteiger charge is -2.28. The summed E-state index contributed by atoms with van der Waals surface area (Å²) < 4.78 is 25.4. The number of phenolic OH excluding ortho intramolecular Hbond substituents is 1. The molecule has 182 valence electrons. The van der Waals surface area contributed by atoms with E-state index < -0.39 is 7.60 Å². The van der Waals surface area contributed by atoms with E-state index >= 15 is 0 Å². The lowest BCUT2D eigenvalue weighted by atomic mass is 9.79. The second-order valence-corrected chi connectivity index (χ2v) is 11.6. The SMILES string of the molecule is CCCCCCC(C)(C)c1cc(O)c(-c2cccc(C)c2)c(OP(=O)(OC)c2ccccc2)c1. The third-order valence-electron chi connectivity index (χ3n) is 6.36. The molecule has 0 aliphatic rings. The number of hydrogen-bond acceptors (Lipinski definition) is 4. The van der Waals surface area contributed by atoms with Crippen LogP contribution in [0.2, 0.25) is 0 Å². The fourth-order valence-corrected chi connectivity index (χ4v) is 5.56. The Labute approximate surface area is 204 Å². The highest BCUT2D eigenvalue weighted by molar-refractivity contribution is 7.62. The second kappa shape index (κ2) is 11.3. The summed E-state index contributed by atoms with van der Waals surface area (Å²) in [5.74, 6) is 0.465. The zero-order chi connectivity index (χ0) is 24.8. The first-order valence-corrected chi connectivity index (χ1v) is 13.6. The number of aryl methyl sites for hydroxylation is 1. The summed E-state index contributed by atoms with van der Waals surface area (Å²) in [5.41, 5.74) is 3.14. The van der Waals surface area contributed by atoms with Crippen LogP contribution in [-0.2, 0) is 14.5 Å². The number of hydrogen-bond donors (Lipinski definition) is 1. The lowest BCUT2D eigenvalue weighted by Crippen LogP contribution is -2.18. The van der Waals surface area contributed by atoms with Gasteiger partial charge in [-0.25, -0.2) is 4.57 Å². The van der Waals surface area contributed by atoms with Crippen molar-refractivity contribution in [3.63, 3.8) is 0 Å². The molecule has 0 spiro atoms. The molecule has 0 bridgehead atoms. The molecule has 0 amide bonds. The average molecular weight is 481 g/mol. The van der Waals surface area contributed by atoms with Gasteiger partial charge in [-0.3, -0.25) is 4.52 Å². The summed E-state index contributed by atoms with van der Waals surface area (Å²) in [4.78, 5) is 0. The van der Waals surface area contributed by atoms with Crippen molar-refractivity contribution in [3.8, 4) is 22.6 Å². The maximum atomic E-state index is 13.8. The summed E-state index contributed by atoms with van der Waals surface area (Å²) in [6, 6.07) is 20.5. The third kappa shape index (κ3) is 6.11. The molecule has 3 rings (SSSR count). The van der Waals surface area contributed by atoms with E-state index in [1.54, 1.807) is 24.3 Å². The van der Waals surface area contributed by atoms with Crippen molar-refractivity contribution in [1.29, 1.82) is 0 Å². The number of benzene rings is 3. The molecule has 34 heavy (non-hydrogen) atoms. The molecule has 3 aromatic rings. The molecule has 0 saturated heterocycles. The van der Waals surface area contributed by atoms with E-state index in [4.69, 9.17) is 9.05 Å². The highest BCUT2D eigenvalue weighted by Crippen LogP contribution is 2.52. The van der Waals surface area contributed by atoms with E-state index in [2.05, 4.69) is 20.8 Å². The third-order valence-corrected chi connectivity index (χ3v) is 8.20. The molecule has 1 atom stereocenters. The summed E-state index contributed by atoms with van der Waals surface area (Å²) in [7, 11) is -2.28. The zero-order valence-corrected chi connectivity index (χ0v) is 21.9. The predicted octanol–water partition coefficient (Wildman–Crippen LogP) is 8.16. The summed E-state index contributed by atoms with van der Waals surface area (Å²) in [6.07, 6.45) is 5.68. The van der Waals surface area contributed by atoms with E-state index in [1.165, 1.54) is 26.4 Å². The molecular formula is C29H37O4P. The van der Waals surface area contributed by atoms with Gasteiger partial charge in [-0.2, -0.15) is 0 Å².